The van der Waals surface area contributed by atoms with Crippen LogP contribution in [0.5, 0.6) is 0 Å². The van der Waals surface area contributed by atoms with E-state index in [9.17, 15) is 15.0 Å². The Morgan fingerprint density at radius 2 is 1.91 bits per heavy atom. The van der Waals surface area contributed by atoms with Gasteiger partial charge in [-0.15, -0.1) is 0 Å². The predicted octanol–water partition coefficient (Wildman–Crippen LogP) is 2.84. The number of carbonyl (C=O) groups excluding carboxylic acids is 1. The zero-order chi connectivity index (χ0) is 23.0. The molecule has 1 saturated heterocycles. The molecule has 11 heteroatoms. The number of benzene rings is 2. The molecule has 0 bridgehead atoms. The summed E-state index contributed by atoms with van der Waals surface area (Å²) < 4.78 is 13.0. The normalized spacial score (nSPS) is 24.1. The summed E-state index contributed by atoms with van der Waals surface area (Å²) in [5, 5.41) is 21.7. The molecular weight excluding hydrogens is 525 g/mol. The van der Waals surface area contributed by atoms with Gasteiger partial charge in [0.05, 0.1) is 21.1 Å². The molecule has 3 aromatic rings. The smallest absolute Gasteiger partial charge is 0.323 e. The van der Waals surface area contributed by atoms with Crippen LogP contribution < -0.4 is 5.73 Å². The zero-order valence-electron chi connectivity index (χ0n) is 16.6. The summed E-state index contributed by atoms with van der Waals surface area (Å²) in [5.74, 6) is -0.627. The Bertz CT molecular complexity index is 1130. The molecule has 2 heterocycles. The second-order valence-corrected chi connectivity index (χ2v) is 9.00. The summed E-state index contributed by atoms with van der Waals surface area (Å²) in [7, 11) is 0. The highest BCUT2D eigenvalue weighted by Gasteiger charge is 2.45. The van der Waals surface area contributed by atoms with Crippen molar-refractivity contribution in [3.63, 3.8) is 0 Å². The Morgan fingerprint density at radius 1 is 1.22 bits per heavy atom. The summed E-state index contributed by atoms with van der Waals surface area (Å²) in [5.41, 5.74) is 7.92. The highest BCUT2D eigenvalue weighted by molar-refractivity contribution is 9.10. The van der Waals surface area contributed by atoms with Gasteiger partial charge in [-0.25, -0.2) is 4.98 Å². The molecule has 0 unspecified atom stereocenters. The van der Waals surface area contributed by atoms with Crippen molar-refractivity contribution in [1.82, 2.24) is 9.55 Å². The van der Waals surface area contributed by atoms with Crippen molar-refractivity contribution in [2.24, 2.45) is 5.73 Å². The summed E-state index contributed by atoms with van der Waals surface area (Å²) in [6.45, 7) is -0.271. The Kier molecular flexibility index (Phi) is 7.06. The average molecular weight is 545 g/mol. The van der Waals surface area contributed by atoms with Gasteiger partial charge in [-0.05, 0) is 40.0 Å². The number of nitrogens with zero attached hydrogens (tertiary/aromatic N) is 2. The number of imidazole rings is 1. The molecule has 1 aliphatic rings. The lowest BCUT2D eigenvalue weighted by molar-refractivity contribution is -0.151. The molecule has 1 fully saturated rings. The van der Waals surface area contributed by atoms with Crippen molar-refractivity contribution in [2.45, 2.75) is 37.0 Å². The topological polar surface area (TPSA) is 120 Å². The number of rotatable bonds is 6. The molecule has 5 atom stereocenters. The molecule has 0 saturated carbocycles. The van der Waals surface area contributed by atoms with E-state index in [0.717, 1.165) is 5.56 Å². The van der Waals surface area contributed by atoms with Gasteiger partial charge in [-0.2, -0.15) is 0 Å². The molecule has 32 heavy (non-hydrogen) atoms. The monoisotopic (exact) mass is 543 g/mol. The van der Waals surface area contributed by atoms with Gasteiger partial charge in [-0.3, -0.25) is 9.36 Å². The fourth-order valence-corrected chi connectivity index (χ4v) is 4.51. The van der Waals surface area contributed by atoms with Gasteiger partial charge in [0.25, 0.3) is 0 Å². The zero-order valence-corrected chi connectivity index (χ0v) is 19.7. The second-order valence-electron chi connectivity index (χ2n) is 7.48. The van der Waals surface area contributed by atoms with Crippen molar-refractivity contribution in [1.29, 1.82) is 0 Å². The number of aromatic nitrogens is 2. The number of ether oxygens (including phenoxy) is 2. The summed E-state index contributed by atoms with van der Waals surface area (Å²) in [4.78, 5) is 16.6. The minimum atomic E-state index is -1.31. The first kappa shape index (κ1) is 23.4. The predicted molar refractivity (Wildman–Crippen MR) is 122 cm³/mol. The van der Waals surface area contributed by atoms with Crippen LogP contribution in [0.1, 0.15) is 11.8 Å². The van der Waals surface area contributed by atoms with Crippen molar-refractivity contribution in [3.8, 4) is 0 Å². The molecule has 0 spiro atoms. The van der Waals surface area contributed by atoms with Crippen molar-refractivity contribution in [2.75, 3.05) is 6.61 Å². The maximum atomic E-state index is 12.3. The Hall–Kier alpha value is -1.72. The highest BCUT2D eigenvalue weighted by atomic mass is 79.9. The maximum Gasteiger partial charge on any atom is 0.323 e. The highest BCUT2D eigenvalue weighted by Crippen LogP contribution is 2.37. The molecule has 170 valence electrons. The van der Waals surface area contributed by atoms with Crippen LogP contribution in [0.25, 0.3) is 11.0 Å². The summed E-state index contributed by atoms with van der Waals surface area (Å²) >= 11 is 15.5. The van der Waals surface area contributed by atoms with Crippen molar-refractivity contribution < 1.29 is 24.5 Å². The number of nitrogens with two attached hydrogens (primary N) is 1. The van der Waals surface area contributed by atoms with E-state index in [4.69, 9.17) is 38.4 Å². The number of fused-ring (bicyclic) bond motifs is 1. The molecule has 0 amide bonds. The standard InChI is InChI=1S/C21H20BrCl2N3O5/c22-21-26-14-7-11(23)12(24)8-15(14)27(21)19-18(29)17(28)16(32-19)9-31-20(30)13(25)6-10-4-2-1-3-5-10/h1-5,7-8,13,16-19,28-29H,6,9,25H2/t13-,16+,17+,18+,19+/m0/s1. The number of hydrogen-bond acceptors (Lipinski definition) is 7. The van der Waals surface area contributed by atoms with Crippen LogP contribution in [-0.4, -0.2) is 56.7 Å². The molecule has 0 radical (unpaired) electrons. The number of halogens is 3. The number of esters is 1. The molecule has 1 aromatic heterocycles. The molecule has 8 nitrogen and oxygen atoms in total. The third kappa shape index (κ3) is 4.65. The summed E-state index contributed by atoms with van der Waals surface area (Å²) in [6, 6.07) is 11.6. The fourth-order valence-electron chi connectivity index (χ4n) is 3.61. The lowest BCUT2D eigenvalue weighted by Gasteiger charge is -2.18. The minimum absolute atomic E-state index is 0.271. The number of hydrogen-bond donors (Lipinski definition) is 3. The lowest BCUT2D eigenvalue weighted by atomic mass is 10.1. The first-order valence-electron chi connectivity index (χ1n) is 9.76. The van der Waals surface area contributed by atoms with Gasteiger partial charge in [0.2, 0.25) is 0 Å². The Balaban J connectivity index is 1.45. The van der Waals surface area contributed by atoms with Gasteiger partial charge in [0.15, 0.2) is 11.0 Å². The Morgan fingerprint density at radius 3 is 2.62 bits per heavy atom. The molecule has 1 aliphatic heterocycles. The average Bonchev–Trinajstić information content (AvgIpc) is 3.22. The molecule has 2 aromatic carbocycles. The molecule has 4 N–H and O–H groups in total. The van der Waals surface area contributed by atoms with E-state index in [2.05, 4.69) is 20.9 Å². The fraction of sp³-hybridized carbons (Fsp3) is 0.333. The third-order valence-electron chi connectivity index (χ3n) is 5.27. The van der Waals surface area contributed by atoms with Crippen LogP contribution in [0.3, 0.4) is 0 Å². The van der Waals surface area contributed by atoms with E-state index in [1.54, 1.807) is 16.7 Å². The van der Waals surface area contributed by atoms with E-state index in [1.165, 1.54) is 0 Å². The van der Waals surface area contributed by atoms with Crippen LogP contribution in [0.15, 0.2) is 47.2 Å². The van der Waals surface area contributed by atoms with Gasteiger partial charge in [-0.1, -0.05) is 53.5 Å². The van der Waals surface area contributed by atoms with Crippen molar-refractivity contribution >= 4 is 56.1 Å². The van der Waals surface area contributed by atoms with Gasteiger partial charge in [0.1, 0.15) is 31.0 Å². The van der Waals surface area contributed by atoms with E-state index < -0.39 is 36.6 Å². The van der Waals surface area contributed by atoms with Gasteiger partial charge >= 0.3 is 5.97 Å². The molecule has 4 rings (SSSR count). The van der Waals surface area contributed by atoms with Crippen LogP contribution in [0, 0.1) is 0 Å². The molecule has 0 aliphatic carbocycles. The van der Waals surface area contributed by atoms with Crippen LogP contribution >= 0.6 is 39.1 Å². The first-order chi connectivity index (χ1) is 15.3. The van der Waals surface area contributed by atoms with E-state index in [0.29, 0.717) is 32.2 Å². The van der Waals surface area contributed by atoms with E-state index in [-0.39, 0.29) is 6.61 Å². The van der Waals surface area contributed by atoms with Gasteiger partial charge < -0.3 is 25.4 Å². The van der Waals surface area contributed by atoms with Crippen LogP contribution in [-0.2, 0) is 20.7 Å². The van der Waals surface area contributed by atoms with Gasteiger partial charge in [0, 0.05) is 0 Å². The molecular formula is C21H20BrCl2N3O5. The Labute approximate surface area is 202 Å². The van der Waals surface area contributed by atoms with Crippen molar-refractivity contribution in [3.05, 3.63) is 62.8 Å². The number of aliphatic hydroxyl groups excluding tert-OH is 2. The lowest BCUT2D eigenvalue weighted by Crippen LogP contribution is -2.38. The minimum Gasteiger partial charge on any atom is -0.462 e. The van der Waals surface area contributed by atoms with Crippen LogP contribution in [0.4, 0.5) is 0 Å². The quantitative estimate of drug-likeness (QED) is 0.408. The number of aliphatic hydroxyl groups is 2. The van der Waals surface area contributed by atoms with E-state index in [1.807, 2.05) is 30.3 Å². The number of carbonyl (C=O) groups is 1. The maximum absolute atomic E-state index is 12.3. The largest absolute Gasteiger partial charge is 0.462 e. The van der Waals surface area contributed by atoms with E-state index >= 15 is 0 Å². The summed E-state index contributed by atoms with van der Waals surface area (Å²) in [6.07, 6.45) is -4.25. The third-order valence-corrected chi connectivity index (χ3v) is 6.55. The van der Waals surface area contributed by atoms with Crippen LogP contribution in [0.2, 0.25) is 10.0 Å². The second kappa shape index (κ2) is 9.64. The SMILES string of the molecule is N[C@@H](Cc1ccccc1)C(=O)OC[C@H]1O[C@@H](n2c(Br)nc3cc(Cl)c(Cl)cc32)[C@H](O)[C@@H]1O. The first-order valence-corrected chi connectivity index (χ1v) is 11.3.